The second kappa shape index (κ2) is 4.65. The Kier molecular flexibility index (Phi) is 3.21. The second-order valence-electron chi connectivity index (χ2n) is 3.63. The first-order valence-electron chi connectivity index (χ1n) is 4.99. The monoisotopic (exact) mass is 251 g/mol. The third-order valence-electron chi connectivity index (χ3n) is 2.38. The highest BCUT2D eigenvalue weighted by Crippen LogP contribution is 2.16. The Bertz CT molecular complexity index is 513. The molecule has 1 heterocycles. The van der Waals surface area contributed by atoms with Gasteiger partial charge in [-0.2, -0.15) is 4.99 Å². The maximum atomic E-state index is 11.3. The molecule has 88 valence electrons. The number of aliphatic imine (C=N–C) groups is 1. The molecule has 0 saturated carbocycles. The highest BCUT2D eigenvalue weighted by Gasteiger charge is 2.28. The van der Waals surface area contributed by atoms with Gasteiger partial charge < -0.3 is 11.1 Å². The molecule has 3 N–H and O–H groups in total. The summed E-state index contributed by atoms with van der Waals surface area (Å²) in [6.07, 6.45) is 0.296. The van der Waals surface area contributed by atoms with E-state index in [2.05, 4.69) is 10.3 Å². The molecule has 1 atom stereocenters. The molecule has 0 aromatic heterocycles. The van der Waals surface area contributed by atoms with Crippen LogP contribution in [-0.4, -0.2) is 23.7 Å². The van der Waals surface area contributed by atoms with Crippen LogP contribution in [0.3, 0.4) is 0 Å². The van der Waals surface area contributed by atoms with Gasteiger partial charge in [-0.15, -0.1) is 0 Å². The molecule has 5 nitrogen and oxygen atoms in total. The van der Waals surface area contributed by atoms with Crippen LogP contribution in [0.25, 0.3) is 0 Å². The van der Waals surface area contributed by atoms with Crippen molar-refractivity contribution in [2.24, 2.45) is 10.7 Å². The maximum Gasteiger partial charge on any atom is 0.273 e. The number of nitrogens with zero attached hydrogens (tertiary/aromatic N) is 1. The Hall–Kier alpha value is -1.72. The molecule has 0 bridgehead atoms. The normalized spacial score (nSPS) is 19.9. The van der Waals surface area contributed by atoms with Crippen LogP contribution in [-0.2, 0) is 16.0 Å². The number of halogens is 1. The quantitative estimate of drug-likeness (QED) is 0.740. The molecule has 17 heavy (non-hydrogen) atoms. The molecule has 1 aliphatic rings. The molecule has 2 rings (SSSR count). The molecule has 6 heteroatoms. The summed E-state index contributed by atoms with van der Waals surface area (Å²) in [6.45, 7) is 0. The zero-order valence-electron chi connectivity index (χ0n) is 8.81. The smallest absolute Gasteiger partial charge is 0.273 e. The van der Waals surface area contributed by atoms with Crippen molar-refractivity contribution in [1.29, 1.82) is 0 Å². The number of rotatable bonds is 2. The van der Waals surface area contributed by atoms with E-state index in [0.29, 0.717) is 11.4 Å². The first-order valence-corrected chi connectivity index (χ1v) is 5.37. The average molecular weight is 252 g/mol. The molecule has 0 spiro atoms. The Balaban J connectivity index is 2.21. The number of amidine groups is 1. The number of carbonyl (C=O) groups excluding carboxylic acids is 2. The van der Waals surface area contributed by atoms with Gasteiger partial charge in [0.1, 0.15) is 5.84 Å². The summed E-state index contributed by atoms with van der Waals surface area (Å²) < 4.78 is 0. The SMILES string of the molecule is NC1C(=O)N=C(Cc2ccccc2Cl)NC1=O. The summed E-state index contributed by atoms with van der Waals surface area (Å²) in [7, 11) is 0. The van der Waals surface area contributed by atoms with Gasteiger partial charge in [0, 0.05) is 11.4 Å². The number of benzene rings is 1. The summed E-state index contributed by atoms with van der Waals surface area (Å²) in [6, 6.07) is 5.95. The number of nitrogens with one attached hydrogen (secondary N) is 1. The van der Waals surface area contributed by atoms with E-state index in [0.717, 1.165) is 5.56 Å². The van der Waals surface area contributed by atoms with Gasteiger partial charge in [-0.3, -0.25) is 9.59 Å². The van der Waals surface area contributed by atoms with Crippen molar-refractivity contribution < 1.29 is 9.59 Å². The molecule has 0 fully saturated rings. The summed E-state index contributed by atoms with van der Waals surface area (Å²) in [4.78, 5) is 26.3. The minimum absolute atomic E-state index is 0.273. The van der Waals surface area contributed by atoms with Crippen LogP contribution in [0.5, 0.6) is 0 Å². The summed E-state index contributed by atoms with van der Waals surface area (Å²) >= 11 is 5.97. The van der Waals surface area contributed by atoms with Crippen LogP contribution in [0.15, 0.2) is 29.3 Å². The van der Waals surface area contributed by atoms with Gasteiger partial charge in [0.05, 0.1) is 0 Å². The van der Waals surface area contributed by atoms with Crippen LogP contribution < -0.4 is 11.1 Å². The highest BCUT2D eigenvalue weighted by atomic mass is 35.5. The van der Waals surface area contributed by atoms with Crippen molar-refractivity contribution in [1.82, 2.24) is 5.32 Å². The van der Waals surface area contributed by atoms with E-state index in [1.807, 2.05) is 6.07 Å². The van der Waals surface area contributed by atoms with Crippen LogP contribution in [0.2, 0.25) is 5.02 Å². The van der Waals surface area contributed by atoms with E-state index in [1.54, 1.807) is 18.2 Å². The fourth-order valence-corrected chi connectivity index (χ4v) is 1.67. The Morgan fingerprint density at radius 1 is 1.35 bits per heavy atom. The lowest BCUT2D eigenvalue weighted by molar-refractivity contribution is -0.129. The molecule has 0 radical (unpaired) electrons. The first kappa shape index (κ1) is 11.8. The van der Waals surface area contributed by atoms with Crippen LogP contribution in [0.4, 0.5) is 0 Å². The molecular formula is C11H10ClN3O2. The standard InChI is InChI=1S/C11H10ClN3O2/c12-7-4-2-1-3-6(7)5-8-14-10(16)9(13)11(17)15-8/h1-4,9H,5,13H2,(H,14,15,16,17). The van der Waals surface area contributed by atoms with E-state index >= 15 is 0 Å². The minimum Gasteiger partial charge on any atom is -0.312 e. The molecule has 2 amide bonds. The fourth-order valence-electron chi connectivity index (χ4n) is 1.47. The Labute approximate surface area is 103 Å². The number of amides is 2. The zero-order valence-corrected chi connectivity index (χ0v) is 9.57. The maximum absolute atomic E-state index is 11.3. The zero-order chi connectivity index (χ0) is 12.4. The molecule has 1 unspecified atom stereocenters. The average Bonchev–Trinajstić information content (AvgIpc) is 2.29. The lowest BCUT2D eigenvalue weighted by atomic mass is 10.1. The van der Waals surface area contributed by atoms with Gasteiger partial charge in [0.2, 0.25) is 0 Å². The molecule has 0 saturated heterocycles. The minimum atomic E-state index is -1.20. The van der Waals surface area contributed by atoms with Crippen molar-refractivity contribution in [2.45, 2.75) is 12.5 Å². The molecular weight excluding hydrogens is 242 g/mol. The van der Waals surface area contributed by atoms with E-state index in [9.17, 15) is 9.59 Å². The highest BCUT2D eigenvalue weighted by molar-refractivity contribution is 6.31. The first-order chi connectivity index (χ1) is 8.08. The summed E-state index contributed by atoms with van der Waals surface area (Å²) in [5.41, 5.74) is 6.10. The van der Waals surface area contributed by atoms with E-state index in [-0.39, 0.29) is 5.84 Å². The van der Waals surface area contributed by atoms with Gasteiger partial charge in [-0.05, 0) is 11.6 Å². The van der Waals surface area contributed by atoms with Gasteiger partial charge in [0.15, 0.2) is 6.04 Å². The van der Waals surface area contributed by atoms with E-state index < -0.39 is 17.9 Å². The summed E-state index contributed by atoms with van der Waals surface area (Å²) in [5.74, 6) is -0.891. The predicted molar refractivity (Wildman–Crippen MR) is 63.7 cm³/mol. The van der Waals surface area contributed by atoms with Gasteiger partial charge in [0.25, 0.3) is 11.8 Å². The van der Waals surface area contributed by atoms with Crippen molar-refractivity contribution in [2.75, 3.05) is 0 Å². The van der Waals surface area contributed by atoms with Gasteiger partial charge in [-0.25, -0.2) is 0 Å². The largest absolute Gasteiger partial charge is 0.312 e. The predicted octanol–water partition coefficient (Wildman–Crippen LogP) is 0.265. The lowest BCUT2D eigenvalue weighted by Crippen LogP contribution is -2.52. The van der Waals surface area contributed by atoms with Crippen LogP contribution in [0, 0.1) is 0 Å². The Morgan fingerprint density at radius 3 is 2.71 bits per heavy atom. The second-order valence-corrected chi connectivity index (χ2v) is 4.04. The summed E-state index contributed by atoms with van der Waals surface area (Å²) in [5, 5.41) is 3.04. The molecule has 1 aromatic rings. The van der Waals surface area contributed by atoms with Crippen molar-refractivity contribution in [3.63, 3.8) is 0 Å². The van der Waals surface area contributed by atoms with Gasteiger partial charge in [-0.1, -0.05) is 29.8 Å². The fraction of sp³-hybridized carbons (Fsp3) is 0.182. The van der Waals surface area contributed by atoms with Gasteiger partial charge >= 0.3 is 0 Å². The third-order valence-corrected chi connectivity index (χ3v) is 2.75. The number of hydrogen-bond acceptors (Lipinski definition) is 3. The van der Waals surface area contributed by atoms with E-state index in [1.165, 1.54) is 0 Å². The third kappa shape index (κ3) is 2.51. The number of hydrogen-bond donors (Lipinski definition) is 2. The van der Waals surface area contributed by atoms with E-state index in [4.69, 9.17) is 17.3 Å². The number of nitrogens with two attached hydrogens (primary N) is 1. The molecule has 0 aliphatic carbocycles. The number of carbonyl (C=O) groups is 2. The van der Waals surface area contributed by atoms with Crippen LogP contribution >= 0.6 is 11.6 Å². The van der Waals surface area contributed by atoms with Crippen molar-refractivity contribution >= 4 is 29.3 Å². The molecule has 1 aliphatic heterocycles. The molecule has 1 aromatic carbocycles. The lowest BCUT2D eigenvalue weighted by Gasteiger charge is -2.17. The van der Waals surface area contributed by atoms with Crippen LogP contribution in [0.1, 0.15) is 5.56 Å². The van der Waals surface area contributed by atoms with Crippen molar-refractivity contribution in [3.05, 3.63) is 34.9 Å². The topological polar surface area (TPSA) is 84.6 Å². The Morgan fingerprint density at radius 2 is 2.06 bits per heavy atom. The van der Waals surface area contributed by atoms with Crippen molar-refractivity contribution in [3.8, 4) is 0 Å².